The molecule has 90 valence electrons. The molecule has 1 saturated carbocycles. The van der Waals surface area contributed by atoms with E-state index in [9.17, 15) is 0 Å². The SMILES string of the molecule is CC1(c2nc3c(N)cccc3o2)CCCCC1. The summed E-state index contributed by atoms with van der Waals surface area (Å²) in [5.74, 6) is 0.866. The fourth-order valence-electron chi connectivity index (χ4n) is 2.77. The maximum atomic E-state index is 5.92. The van der Waals surface area contributed by atoms with Crippen LogP contribution in [0.5, 0.6) is 0 Å². The highest BCUT2D eigenvalue weighted by Gasteiger charge is 2.33. The molecule has 0 amide bonds. The van der Waals surface area contributed by atoms with Crippen LogP contribution < -0.4 is 5.73 Å². The van der Waals surface area contributed by atoms with E-state index in [1.54, 1.807) is 0 Å². The molecule has 0 aliphatic heterocycles. The zero-order valence-electron chi connectivity index (χ0n) is 10.2. The van der Waals surface area contributed by atoms with Crippen LogP contribution in [0.2, 0.25) is 0 Å². The van der Waals surface area contributed by atoms with Crippen molar-refractivity contribution < 1.29 is 4.42 Å². The summed E-state index contributed by atoms with van der Waals surface area (Å²) in [5.41, 5.74) is 8.35. The number of fused-ring (bicyclic) bond motifs is 1. The van der Waals surface area contributed by atoms with Gasteiger partial charge in [-0.1, -0.05) is 32.3 Å². The number of para-hydroxylation sites is 1. The first kappa shape index (κ1) is 10.6. The molecule has 0 radical (unpaired) electrons. The van der Waals surface area contributed by atoms with Crippen LogP contribution >= 0.6 is 0 Å². The highest BCUT2D eigenvalue weighted by molar-refractivity contribution is 5.85. The smallest absolute Gasteiger partial charge is 0.201 e. The van der Waals surface area contributed by atoms with Crippen molar-refractivity contribution in [2.24, 2.45) is 0 Å². The number of hydrogen-bond acceptors (Lipinski definition) is 3. The average Bonchev–Trinajstić information content (AvgIpc) is 2.76. The van der Waals surface area contributed by atoms with Gasteiger partial charge in [0, 0.05) is 5.41 Å². The summed E-state index contributed by atoms with van der Waals surface area (Å²) in [5, 5.41) is 0. The van der Waals surface area contributed by atoms with Gasteiger partial charge in [-0.05, 0) is 25.0 Å². The summed E-state index contributed by atoms with van der Waals surface area (Å²) in [6, 6.07) is 5.72. The minimum atomic E-state index is 0.101. The van der Waals surface area contributed by atoms with Crippen molar-refractivity contribution >= 4 is 16.8 Å². The average molecular weight is 230 g/mol. The number of aromatic nitrogens is 1. The van der Waals surface area contributed by atoms with Crippen molar-refractivity contribution in [2.45, 2.75) is 44.4 Å². The summed E-state index contributed by atoms with van der Waals surface area (Å²) in [6.07, 6.45) is 6.20. The number of benzene rings is 1. The van der Waals surface area contributed by atoms with Crippen molar-refractivity contribution in [1.29, 1.82) is 0 Å². The minimum Gasteiger partial charge on any atom is -0.440 e. The molecule has 0 bridgehead atoms. The second-order valence-electron chi connectivity index (χ2n) is 5.33. The Bertz CT molecular complexity index is 538. The van der Waals surface area contributed by atoms with Gasteiger partial charge in [0.25, 0.3) is 0 Å². The van der Waals surface area contributed by atoms with Gasteiger partial charge in [-0.25, -0.2) is 4.98 Å². The molecule has 0 atom stereocenters. The van der Waals surface area contributed by atoms with E-state index in [1.807, 2.05) is 18.2 Å². The standard InChI is InChI=1S/C14H18N2O/c1-14(8-3-2-4-9-14)13-16-12-10(15)6-5-7-11(12)17-13/h5-7H,2-4,8-9,15H2,1H3. The lowest BCUT2D eigenvalue weighted by molar-refractivity contribution is 0.263. The topological polar surface area (TPSA) is 52.0 Å². The summed E-state index contributed by atoms with van der Waals surface area (Å²) < 4.78 is 5.90. The summed E-state index contributed by atoms with van der Waals surface area (Å²) in [4.78, 5) is 4.62. The second kappa shape index (κ2) is 3.76. The number of rotatable bonds is 1. The van der Waals surface area contributed by atoms with Gasteiger partial charge in [-0.3, -0.25) is 0 Å². The maximum absolute atomic E-state index is 5.92. The number of nitrogens with zero attached hydrogens (tertiary/aromatic N) is 1. The molecule has 0 unspecified atom stereocenters. The van der Waals surface area contributed by atoms with E-state index in [0.29, 0.717) is 5.69 Å². The molecule has 2 aromatic rings. The predicted molar refractivity (Wildman–Crippen MR) is 68.9 cm³/mol. The fourth-order valence-corrected chi connectivity index (χ4v) is 2.77. The molecule has 1 heterocycles. The Morgan fingerprint density at radius 3 is 2.71 bits per heavy atom. The molecule has 1 aliphatic rings. The molecule has 1 fully saturated rings. The molecular formula is C14H18N2O. The monoisotopic (exact) mass is 230 g/mol. The van der Waals surface area contributed by atoms with Crippen molar-refractivity contribution in [1.82, 2.24) is 4.98 Å². The Balaban J connectivity index is 2.08. The van der Waals surface area contributed by atoms with Crippen molar-refractivity contribution in [3.8, 4) is 0 Å². The van der Waals surface area contributed by atoms with Gasteiger partial charge in [0.05, 0.1) is 5.69 Å². The van der Waals surface area contributed by atoms with E-state index in [4.69, 9.17) is 10.2 Å². The Labute approximate surface area is 101 Å². The van der Waals surface area contributed by atoms with Crippen molar-refractivity contribution in [3.05, 3.63) is 24.1 Å². The quantitative estimate of drug-likeness (QED) is 0.761. The van der Waals surface area contributed by atoms with Crippen LogP contribution in [0.25, 0.3) is 11.1 Å². The second-order valence-corrected chi connectivity index (χ2v) is 5.33. The first-order valence-electron chi connectivity index (χ1n) is 6.35. The lowest BCUT2D eigenvalue weighted by atomic mass is 9.76. The number of nitrogen functional groups attached to an aromatic ring is 1. The maximum Gasteiger partial charge on any atom is 0.201 e. The highest BCUT2D eigenvalue weighted by Crippen LogP contribution is 2.40. The molecule has 3 heteroatoms. The number of oxazole rings is 1. The van der Waals surface area contributed by atoms with E-state index in [1.165, 1.54) is 32.1 Å². The van der Waals surface area contributed by atoms with Crippen molar-refractivity contribution in [2.75, 3.05) is 5.73 Å². The molecule has 2 N–H and O–H groups in total. The van der Waals surface area contributed by atoms with Gasteiger partial charge in [0.2, 0.25) is 5.89 Å². The number of hydrogen-bond donors (Lipinski definition) is 1. The molecule has 1 aliphatic carbocycles. The van der Waals surface area contributed by atoms with E-state index in [-0.39, 0.29) is 5.41 Å². The van der Waals surface area contributed by atoms with Crippen molar-refractivity contribution in [3.63, 3.8) is 0 Å². The summed E-state index contributed by atoms with van der Waals surface area (Å²) >= 11 is 0. The Kier molecular flexibility index (Phi) is 2.35. The normalized spacial score (nSPS) is 19.6. The zero-order chi connectivity index (χ0) is 11.9. The molecule has 1 aromatic heterocycles. The van der Waals surface area contributed by atoms with Crippen LogP contribution in [-0.4, -0.2) is 4.98 Å². The lowest BCUT2D eigenvalue weighted by Gasteiger charge is -2.30. The highest BCUT2D eigenvalue weighted by atomic mass is 16.3. The number of nitrogens with two attached hydrogens (primary N) is 1. The van der Waals surface area contributed by atoms with E-state index in [0.717, 1.165) is 17.0 Å². The van der Waals surface area contributed by atoms with Crippen LogP contribution in [0.4, 0.5) is 5.69 Å². The molecule has 17 heavy (non-hydrogen) atoms. The van der Waals surface area contributed by atoms with Crippen LogP contribution in [0, 0.1) is 0 Å². The largest absolute Gasteiger partial charge is 0.440 e. The van der Waals surface area contributed by atoms with Crippen LogP contribution in [0.3, 0.4) is 0 Å². The molecule has 0 saturated heterocycles. The third-order valence-electron chi connectivity index (χ3n) is 3.92. The fraction of sp³-hybridized carbons (Fsp3) is 0.500. The van der Waals surface area contributed by atoms with Gasteiger partial charge in [0.15, 0.2) is 5.58 Å². The summed E-state index contributed by atoms with van der Waals surface area (Å²) in [6.45, 7) is 2.26. The third kappa shape index (κ3) is 1.70. The van der Waals surface area contributed by atoms with E-state index in [2.05, 4.69) is 11.9 Å². The molecule has 3 rings (SSSR count). The van der Waals surface area contributed by atoms with Crippen LogP contribution in [-0.2, 0) is 5.41 Å². The summed E-state index contributed by atoms with van der Waals surface area (Å²) in [7, 11) is 0. The molecular weight excluding hydrogens is 212 g/mol. The molecule has 0 spiro atoms. The first-order valence-corrected chi connectivity index (χ1v) is 6.35. The Morgan fingerprint density at radius 2 is 2.00 bits per heavy atom. The molecule has 1 aromatic carbocycles. The van der Waals surface area contributed by atoms with Gasteiger partial charge in [-0.15, -0.1) is 0 Å². The van der Waals surface area contributed by atoms with Gasteiger partial charge in [-0.2, -0.15) is 0 Å². The van der Waals surface area contributed by atoms with Gasteiger partial charge in [0.1, 0.15) is 5.52 Å². The molecule has 3 nitrogen and oxygen atoms in total. The zero-order valence-corrected chi connectivity index (χ0v) is 10.2. The third-order valence-corrected chi connectivity index (χ3v) is 3.92. The Hall–Kier alpha value is -1.51. The van der Waals surface area contributed by atoms with Crippen LogP contribution in [0.1, 0.15) is 44.9 Å². The van der Waals surface area contributed by atoms with Gasteiger partial charge < -0.3 is 10.2 Å². The van der Waals surface area contributed by atoms with E-state index >= 15 is 0 Å². The predicted octanol–water partition coefficient (Wildman–Crippen LogP) is 3.63. The first-order chi connectivity index (χ1) is 8.19. The van der Waals surface area contributed by atoms with Crippen LogP contribution in [0.15, 0.2) is 22.6 Å². The van der Waals surface area contributed by atoms with Gasteiger partial charge >= 0.3 is 0 Å². The van der Waals surface area contributed by atoms with E-state index < -0.39 is 0 Å². The minimum absolute atomic E-state index is 0.101. The lowest BCUT2D eigenvalue weighted by Crippen LogP contribution is -2.25. The number of anilines is 1. The Morgan fingerprint density at radius 1 is 1.24 bits per heavy atom.